The molecule has 0 radical (unpaired) electrons. The summed E-state index contributed by atoms with van der Waals surface area (Å²) in [6, 6.07) is 10.4. The summed E-state index contributed by atoms with van der Waals surface area (Å²) in [4.78, 5) is 0. The number of rotatable bonds is 7. The lowest BCUT2D eigenvalue weighted by atomic mass is 9.62. The Labute approximate surface area is 159 Å². The molecule has 0 heterocycles. The van der Waals surface area contributed by atoms with E-state index in [0.717, 1.165) is 25.7 Å². The van der Waals surface area contributed by atoms with Gasteiger partial charge in [-0.1, -0.05) is 101 Å². The first kappa shape index (κ1) is 14.8. The van der Waals surface area contributed by atoms with Crippen LogP contribution in [0.25, 0.3) is 5.57 Å². The van der Waals surface area contributed by atoms with Crippen LogP contribution < -0.4 is 0 Å². The van der Waals surface area contributed by atoms with Crippen molar-refractivity contribution >= 4 is 5.57 Å². The van der Waals surface area contributed by atoms with Crippen LogP contribution in [0.5, 0.6) is 0 Å². The molecule has 25 heavy (non-hydrogen) atoms. The van der Waals surface area contributed by atoms with Crippen molar-refractivity contribution in [2.45, 2.75) is 78.0 Å². The second-order valence-corrected chi connectivity index (χ2v) is 7.87. The van der Waals surface area contributed by atoms with Gasteiger partial charge in [0.25, 0.3) is 0 Å². The molecule has 1 aromatic carbocycles. The van der Waals surface area contributed by atoms with Crippen molar-refractivity contribution in [1.82, 2.24) is 0 Å². The quantitative estimate of drug-likeness (QED) is 0.444. The molecule has 1 saturated carbocycles. The summed E-state index contributed by atoms with van der Waals surface area (Å²) < 4.78 is 26.7. The first-order valence-electron chi connectivity index (χ1n) is 11.9. The first-order chi connectivity index (χ1) is 13.4. The van der Waals surface area contributed by atoms with Gasteiger partial charge in [-0.2, -0.15) is 0 Å². The summed E-state index contributed by atoms with van der Waals surface area (Å²) in [7, 11) is 0. The Bertz CT molecular complexity index is 691. The van der Waals surface area contributed by atoms with Crippen LogP contribution in [-0.4, -0.2) is 0 Å². The molecular weight excluding hydrogens is 300 g/mol. The van der Waals surface area contributed by atoms with Crippen LogP contribution in [-0.2, 0) is 0 Å². The van der Waals surface area contributed by atoms with E-state index in [1.165, 1.54) is 30.4 Å². The molecule has 0 aromatic heterocycles. The number of unbranched alkanes of at least 4 members (excludes halogenated alkanes) is 2. The molecule has 2 aliphatic carbocycles. The number of allylic oxidation sites excluding steroid dienone is 4. The zero-order valence-corrected chi connectivity index (χ0v) is 16.0. The Morgan fingerprint density at radius 2 is 1.96 bits per heavy atom. The highest BCUT2D eigenvalue weighted by molar-refractivity contribution is 5.75. The molecule has 2 unspecified atom stereocenters. The fourth-order valence-electron chi connectivity index (χ4n) is 4.38. The van der Waals surface area contributed by atoms with Gasteiger partial charge in [-0.15, -0.1) is 0 Å². The van der Waals surface area contributed by atoms with Crippen molar-refractivity contribution in [2.24, 2.45) is 17.3 Å². The van der Waals surface area contributed by atoms with E-state index in [1.54, 1.807) is 0 Å². The lowest BCUT2D eigenvalue weighted by Gasteiger charge is -2.43. The molecule has 0 nitrogen and oxygen atoms in total. The minimum Gasteiger partial charge on any atom is -0.0771 e. The Morgan fingerprint density at radius 3 is 2.60 bits per heavy atom. The van der Waals surface area contributed by atoms with Crippen molar-refractivity contribution in [3.8, 4) is 0 Å². The Kier molecular flexibility index (Phi) is 5.26. The summed E-state index contributed by atoms with van der Waals surface area (Å²) in [5.41, 5.74) is 2.20. The molecule has 1 fully saturated rings. The van der Waals surface area contributed by atoms with Gasteiger partial charge in [0.1, 0.15) is 0 Å². The largest absolute Gasteiger partial charge is 0.0771 e. The van der Waals surface area contributed by atoms with Gasteiger partial charge in [-0.25, -0.2) is 0 Å². The molecule has 3 rings (SSSR count). The molecule has 0 bridgehead atoms. The third-order valence-electron chi connectivity index (χ3n) is 6.23. The highest BCUT2D eigenvalue weighted by Gasteiger charge is 2.37. The van der Waals surface area contributed by atoms with Gasteiger partial charge < -0.3 is 0 Å². The highest BCUT2D eigenvalue weighted by atomic mass is 14.4. The van der Waals surface area contributed by atoms with Gasteiger partial charge in [0.15, 0.2) is 0 Å². The molecule has 0 N–H and O–H groups in total. The summed E-state index contributed by atoms with van der Waals surface area (Å²) >= 11 is 0. The molecule has 0 heteroatoms. The van der Waals surface area contributed by atoms with Crippen LogP contribution in [0, 0.1) is 17.3 Å². The molecule has 0 aliphatic heterocycles. The van der Waals surface area contributed by atoms with Gasteiger partial charge in [0, 0.05) is 4.11 Å². The van der Waals surface area contributed by atoms with Crippen LogP contribution in [0.1, 0.15) is 87.7 Å². The lowest BCUT2D eigenvalue weighted by molar-refractivity contribution is 0.135. The van der Waals surface area contributed by atoms with E-state index in [0.29, 0.717) is 12.3 Å². The second kappa shape index (κ2) is 8.88. The lowest BCUT2D eigenvalue weighted by Crippen LogP contribution is -2.32. The van der Waals surface area contributed by atoms with Crippen molar-refractivity contribution in [1.29, 1.82) is 0 Å². The van der Waals surface area contributed by atoms with E-state index in [4.69, 9.17) is 4.11 Å². The topological polar surface area (TPSA) is 0 Å². The van der Waals surface area contributed by atoms with Crippen molar-refractivity contribution in [2.75, 3.05) is 0 Å². The summed E-state index contributed by atoms with van der Waals surface area (Å²) in [6.07, 6.45) is 13.0. The van der Waals surface area contributed by atoms with E-state index in [1.807, 2.05) is 6.07 Å². The van der Waals surface area contributed by atoms with Crippen molar-refractivity contribution in [3.63, 3.8) is 0 Å². The van der Waals surface area contributed by atoms with E-state index in [9.17, 15) is 0 Å². The maximum Gasteiger partial charge on any atom is 0.0270 e. The van der Waals surface area contributed by atoms with Gasteiger partial charge >= 0.3 is 0 Å². The van der Waals surface area contributed by atoms with Gasteiger partial charge in [0.2, 0.25) is 0 Å². The molecule has 4 atom stereocenters. The van der Waals surface area contributed by atoms with Crippen LogP contribution in [0.3, 0.4) is 0 Å². The predicted molar refractivity (Wildman–Crippen MR) is 110 cm³/mol. The third-order valence-corrected chi connectivity index (χ3v) is 6.23. The monoisotopic (exact) mass is 339 g/mol. The standard InChI is InChI=1S/C25H36/c1-3-5-7-10-21-13-15-24(16-14-21)25(4-2)19-17-23(18-20-25)22-11-8-6-9-12-22/h6,8-9,11-12,17-19,21,24H,3-5,7,10,13-16,20H2,1-2H3/t21-,24-,25?/i15D,16D2/t15?,21-,24-,25?/m0/s1. The van der Waals surface area contributed by atoms with Crippen LogP contribution in [0.4, 0.5) is 0 Å². The Hall–Kier alpha value is -1.30. The van der Waals surface area contributed by atoms with Crippen molar-refractivity contribution in [3.05, 3.63) is 54.1 Å². The maximum atomic E-state index is 8.90. The van der Waals surface area contributed by atoms with Gasteiger partial charge in [-0.3, -0.25) is 0 Å². The average Bonchev–Trinajstić information content (AvgIpc) is 2.68. The van der Waals surface area contributed by atoms with Gasteiger partial charge in [-0.05, 0) is 54.0 Å². The Morgan fingerprint density at radius 1 is 1.12 bits per heavy atom. The molecule has 0 spiro atoms. The molecule has 0 amide bonds. The third kappa shape index (κ3) is 4.46. The van der Waals surface area contributed by atoms with E-state index >= 15 is 0 Å². The van der Waals surface area contributed by atoms with Crippen LogP contribution >= 0.6 is 0 Å². The maximum absolute atomic E-state index is 8.90. The summed E-state index contributed by atoms with van der Waals surface area (Å²) in [5, 5.41) is 0. The first-order valence-corrected chi connectivity index (χ1v) is 10.3. The normalized spacial score (nSPS) is 36.2. The van der Waals surface area contributed by atoms with Crippen molar-refractivity contribution < 1.29 is 4.11 Å². The van der Waals surface area contributed by atoms with E-state index in [2.05, 4.69) is 56.3 Å². The fraction of sp³-hybridized carbons (Fsp3) is 0.600. The predicted octanol–water partition coefficient (Wildman–Crippen LogP) is 7.81. The highest BCUT2D eigenvalue weighted by Crippen LogP contribution is 2.49. The molecule has 0 saturated heterocycles. The second-order valence-electron chi connectivity index (χ2n) is 7.87. The summed E-state index contributed by atoms with van der Waals surface area (Å²) in [5.74, 6) is 0.148. The van der Waals surface area contributed by atoms with Crippen LogP contribution in [0.15, 0.2) is 48.6 Å². The smallest absolute Gasteiger partial charge is 0.0270 e. The minimum absolute atomic E-state index is 0.225. The number of hydrogen-bond acceptors (Lipinski definition) is 0. The SMILES string of the molecule is [2H]C1C[C@H](CCCCC)CC([2H])([2H])[C@H]1C1(CC)C=CC(c2ccccc2)=CC1. The molecule has 2 aliphatic rings. The molecule has 1 aromatic rings. The zero-order valence-electron chi connectivity index (χ0n) is 19.0. The molecular formula is C25H36. The minimum atomic E-state index is -1.26. The van der Waals surface area contributed by atoms with E-state index in [-0.39, 0.29) is 17.7 Å². The molecule has 136 valence electrons. The zero-order chi connectivity index (χ0) is 20.2. The fourth-order valence-corrected chi connectivity index (χ4v) is 4.38. The van der Waals surface area contributed by atoms with Gasteiger partial charge in [0.05, 0.1) is 0 Å². The summed E-state index contributed by atoms with van der Waals surface area (Å²) in [6.45, 7) is 4.38. The Balaban J connectivity index is 1.77. The number of benzene rings is 1. The van der Waals surface area contributed by atoms with Crippen LogP contribution in [0.2, 0.25) is 0 Å². The number of hydrogen-bond donors (Lipinski definition) is 0. The van der Waals surface area contributed by atoms with E-state index < -0.39 is 6.37 Å². The average molecular weight is 340 g/mol.